The van der Waals surface area contributed by atoms with Gasteiger partial charge in [0.15, 0.2) is 5.82 Å². The number of rotatable bonds is 4. The Kier molecular flexibility index (Phi) is 4.35. The SMILES string of the molecule is O=C(NCC(F)(F)F)[C@H]1C[C@@H]2C[C@@H]2N1c1ccnc(-c2c[nH]c3ncc(Cl)cc23)n1. The van der Waals surface area contributed by atoms with Crippen LogP contribution in [0.25, 0.3) is 22.4 Å². The molecule has 4 heterocycles. The number of aromatic amines is 1. The maximum absolute atomic E-state index is 12.5. The molecule has 3 atom stereocenters. The summed E-state index contributed by atoms with van der Waals surface area (Å²) in [4.78, 5) is 30.5. The quantitative estimate of drug-likeness (QED) is 0.655. The molecule has 0 spiro atoms. The molecule has 156 valence electrons. The van der Waals surface area contributed by atoms with E-state index in [2.05, 4.69) is 19.9 Å². The fourth-order valence-corrected chi connectivity index (χ4v) is 4.27. The highest BCUT2D eigenvalue weighted by atomic mass is 35.5. The lowest BCUT2D eigenvalue weighted by Gasteiger charge is -2.28. The topological polar surface area (TPSA) is 86.8 Å². The number of aromatic nitrogens is 4. The molecule has 2 N–H and O–H groups in total. The molecule has 3 aromatic heterocycles. The largest absolute Gasteiger partial charge is 0.405 e. The van der Waals surface area contributed by atoms with Crippen LogP contribution in [0.4, 0.5) is 19.0 Å². The number of hydrogen-bond donors (Lipinski definition) is 2. The summed E-state index contributed by atoms with van der Waals surface area (Å²) in [5, 5.41) is 3.23. The number of H-pyrrole nitrogens is 1. The van der Waals surface area contributed by atoms with Gasteiger partial charge in [-0.1, -0.05) is 11.6 Å². The molecule has 1 saturated carbocycles. The molecular formula is C19H16ClF3N6O. The zero-order valence-corrected chi connectivity index (χ0v) is 16.2. The Labute approximate surface area is 173 Å². The van der Waals surface area contributed by atoms with Gasteiger partial charge in [-0.3, -0.25) is 4.79 Å². The molecule has 1 saturated heterocycles. The summed E-state index contributed by atoms with van der Waals surface area (Å²) in [6.45, 7) is -1.34. The van der Waals surface area contributed by atoms with Crippen LogP contribution in [0, 0.1) is 5.92 Å². The highest BCUT2D eigenvalue weighted by molar-refractivity contribution is 6.31. The third-order valence-electron chi connectivity index (χ3n) is 5.51. The van der Waals surface area contributed by atoms with E-state index >= 15 is 0 Å². The Morgan fingerprint density at radius 2 is 2.17 bits per heavy atom. The monoisotopic (exact) mass is 436 g/mol. The molecule has 0 radical (unpaired) electrons. The Morgan fingerprint density at radius 3 is 2.97 bits per heavy atom. The lowest BCUT2D eigenvalue weighted by molar-refractivity contribution is -0.139. The van der Waals surface area contributed by atoms with Crippen LogP contribution in [0.3, 0.4) is 0 Å². The van der Waals surface area contributed by atoms with Crippen molar-refractivity contribution >= 4 is 34.4 Å². The van der Waals surface area contributed by atoms with Gasteiger partial charge >= 0.3 is 6.18 Å². The molecule has 0 unspecified atom stereocenters. The fourth-order valence-electron chi connectivity index (χ4n) is 4.11. The van der Waals surface area contributed by atoms with Crippen LogP contribution in [-0.2, 0) is 4.79 Å². The third kappa shape index (κ3) is 3.45. The van der Waals surface area contributed by atoms with Crippen LogP contribution in [0.5, 0.6) is 0 Å². The summed E-state index contributed by atoms with van der Waals surface area (Å²) >= 11 is 6.06. The molecule has 5 rings (SSSR count). The highest BCUT2D eigenvalue weighted by Crippen LogP contribution is 2.49. The second kappa shape index (κ2) is 6.83. The number of hydrogen-bond acceptors (Lipinski definition) is 5. The molecule has 1 amide bonds. The number of anilines is 1. The maximum atomic E-state index is 12.5. The van der Waals surface area contributed by atoms with Gasteiger partial charge in [-0.05, 0) is 30.9 Å². The fraction of sp³-hybridized carbons (Fsp3) is 0.368. The number of pyridine rings is 1. The minimum absolute atomic E-state index is 0.105. The molecule has 1 aliphatic heterocycles. The van der Waals surface area contributed by atoms with Crippen molar-refractivity contribution in [2.75, 3.05) is 11.4 Å². The van der Waals surface area contributed by atoms with Crippen LogP contribution in [0.2, 0.25) is 5.02 Å². The Bertz CT molecular complexity index is 1130. The summed E-state index contributed by atoms with van der Waals surface area (Å²) in [5.41, 5.74) is 1.34. The highest BCUT2D eigenvalue weighted by Gasteiger charge is 2.55. The molecule has 0 aromatic carbocycles. The Balaban J connectivity index is 1.45. The van der Waals surface area contributed by atoms with Gasteiger partial charge in [0, 0.05) is 35.6 Å². The Morgan fingerprint density at radius 1 is 1.33 bits per heavy atom. The predicted molar refractivity (Wildman–Crippen MR) is 104 cm³/mol. The molecule has 30 heavy (non-hydrogen) atoms. The first-order valence-corrected chi connectivity index (χ1v) is 9.77. The van der Waals surface area contributed by atoms with Crippen LogP contribution < -0.4 is 10.2 Å². The number of carbonyl (C=O) groups excluding carboxylic acids is 1. The van der Waals surface area contributed by atoms with Gasteiger partial charge in [0.2, 0.25) is 5.91 Å². The van der Waals surface area contributed by atoms with E-state index in [1.165, 1.54) is 6.20 Å². The zero-order chi connectivity index (χ0) is 21.0. The molecule has 2 fully saturated rings. The first-order valence-electron chi connectivity index (χ1n) is 9.39. The number of amides is 1. The van der Waals surface area contributed by atoms with Gasteiger partial charge in [0.05, 0.1) is 5.02 Å². The van der Waals surface area contributed by atoms with E-state index in [0.717, 1.165) is 11.8 Å². The standard InChI is InChI=1S/C19H16ClF3N6O/c20-10-5-11-12(7-26-16(11)25-6-10)17-24-2-1-15(28-17)29-13-3-9(13)4-14(29)18(30)27-8-19(21,22)23/h1-2,5-7,9,13-14H,3-4,8H2,(H,25,26)(H,27,30)/t9-,13-,14+/m0/s1. The van der Waals surface area contributed by atoms with Crippen LogP contribution in [-0.4, -0.2) is 50.6 Å². The third-order valence-corrected chi connectivity index (χ3v) is 5.72. The van der Waals surface area contributed by atoms with Crippen LogP contribution >= 0.6 is 11.6 Å². The summed E-state index contributed by atoms with van der Waals surface area (Å²) < 4.78 is 37.5. The molecule has 2 aliphatic rings. The Hall–Kier alpha value is -2.88. The minimum Gasteiger partial charge on any atom is -0.345 e. The first-order chi connectivity index (χ1) is 14.3. The summed E-state index contributed by atoms with van der Waals surface area (Å²) in [6.07, 6.45) is 1.80. The maximum Gasteiger partial charge on any atom is 0.405 e. The second-order valence-electron chi connectivity index (χ2n) is 7.55. The van der Waals surface area contributed by atoms with Gasteiger partial charge in [0.1, 0.15) is 24.1 Å². The van der Waals surface area contributed by atoms with Crippen molar-refractivity contribution in [1.29, 1.82) is 0 Å². The minimum atomic E-state index is -4.45. The second-order valence-corrected chi connectivity index (χ2v) is 7.98. The van der Waals surface area contributed by atoms with Crippen molar-refractivity contribution in [2.24, 2.45) is 5.92 Å². The van der Waals surface area contributed by atoms with Gasteiger partial charge in [-0.2, -0.15) is 13.2 Å². The van der Waals surface area contributed by atoms with Gasteiger partial charge in [-0.25, -0.2) is 15.0 Å². The molecule has 3 aromatic rings. The van der Waals surface area contributed by atoms with E-state index in [1.54, 1.807) is 24.5 Å². The number of alkyl halides is 3. The zero-order valence-electron chi connectivity index (χ0n) is 15.4. The lowest BCUT2D eigenvalue weighted by atomic mass is 10.1. The normalized spacial score (nSPS) is 22.9. The van der Waals surface area contributed by atoms with Crippen LogP contribution in [0.1, 0.15) is 12.8 Å². The van der Waals surface area contributed by atoms with E-state index in [-0.39, 0.29) is 6.04 Å². The number of piperidine rings is 1. The number of halogens is 4. The lowest BCUT2D eigenvalue weighted by Crippen LogP contribution is -2.48. The van der Waals surface area contributed by atoms with Crippen molar-refractivity contribution in [3.8, 4) is 11.4 Å². The number of nitrogens with one attached hydrogen (secondary N) is 2. The predicted octanol–water partition coefficient (Wildman–Crippen LogP) is 3.32. The number of carbonyl (C=O) groups is 1. The van der Waals surface area contributed by atoms with Crippen LogP contribution in [0.15, 0.2) is 30.7 Å². The van der Waals surface area contributed by atoms with Crippen molar-refractivity contribution in [3.05, 3.63) is 35.7 Å². The molecule has 7 nitrogen and oxygen atoms in total. The van der Waals surface area contributed by atoms with Crippen molar-refractivity contribution < 1.29 is 18.0 Å². The van der Waals surface area contributed by atoms with Crippen molar-refractivity contribution in [2.45, 2.75) is 31.1 Å². The molecular weight excluding hydrogens is 421 g/mol. The van der Waals surface area contributed by atoms with E-state index in [0.29, 0.717) is 40.2 Å². The molecule has 0 bridgehead atoms. The average molecular weight is 437 g/mol. The average Bonchev–Trinajstić information content (AvgIpc) is 3.17. The summed E-state index contributed by atoms with van der Waals surface area (Å²) in [6, 6.07) is 2.85. The van der Waals surface area contributed by atoms with E-state index < -0.39 is 24.7 Å². The van der Waals surface area contributed by atoms with E-state index in [9.17, 15) is 18.0 Å². The first kappa shape index (κ1) is 19.1. The van der Waals surface area contributed by atoms with E-state index in [1.807, 2.05) is 10.2 Å². The smallest absolute Gasteiger partial charge is 0.345 e. The van der Waals surface area contributed by atoms with Crippen molar-refractivity contribution in [3.63, 3.8) is 0 Å². The van der Waals surface area contributed by atoms with E-state index in [4.69, 9.17) is 11.6 Å². The summed E-state index contributed by atoms with van der Waals surface area (Å²) in [5.74, 6) is 0.590. The van der Waals surface area contributed by atoms with Gasteiger partial charge < -0.3 is 15.2 Å². The van der Waals surface area contributed by atoms with Gasteiger partial charge in [-0.15, -0.1) is 0 Å². The molecule has 1 aliphatic carbocycles. The number of nitrogens with zero attached hydrogens (tertiary/aromatic N) is 4. The summed E-state index contributed by atoms with van der Waals surface area (Å²) in [7, 11) is 0. The van der Waals surface area contributed by atoms with Gasteiger partial charge in [0.25, 0.3) is 0 Å². The molecule has 11 heteroatoms. The number of fused-ring (bicyclic) bond motifs is 2. The van der Waals surface area contributed by atoms with Crippen molar-refractivity contribution in [1.82, 2.24) is 25.3 Å².